The Morgan fingerprint density at radius 1 is 0.875 bits per heavy atom. The molecule has 0 fully saturated rings. The summed E-state index contributed by atoms with van der Waals surface area (Å²) in [4.78, 5) is 21.6. The van der Waals surface area contributed by atoms with Crippen LogP contribution in [0.15, 0.2) is 0 Å². The van der Waals surface area contributed by atoms with Gasteiger partial charge in [0, 0.05) is 0 Å². The van der Waals surface area contributed by atoms with E-state index in [2.05, 4.69) is 0 Å². The molecule has 0 saturated heterocycles. The summed E-state index contributed by atoms with van der Waals surface area (Å²) in [6, 6.07) is 0. The van der Waals surface area contributed by atoms with E-state index in [1.54, 1.807) is 0 Å². The van der Waals surface area contributed by atoms with Crippen molar-refractivity contribution in [2.24, 2.45) is 0 Å². The summed E-state index contributed by atoms with van der Waals surface area (Å²) in [7, 11) is -11.5. The second kappa shape index (κ2) is 15.4. The van der Waals surface area contributed by atoms with Crippen LogP contribution in [0.2, 0.25) is 0 Å². The van der Waals surface area contributed by atoms with Crippen molar-refractivity contribution >= 4 is 38.9 Å². The molecule has 0 rings (SSSR count). The van der Waals surface area contributed by atoms with Crippen LogP contribution in [0.5, 0.6) is 0 Å². The third-order valence-corrected chi connectivity index (χ3v) is 0. The summed E-state index contributed by atoms with van der Waals surface area (Å²) in [6.45, 7) is 0. The van der Waals surface area contributed by atoms with Gasteiger partial charge < -0.3 is 29.8 Å². The molecule has 24 heteroatoms. The summed E-state index contributed by atoms with van der Waals surface area (Å²) in [6.07, 6.45) is 0. The Labute approximate surface area is 138 Å². The predicted molar refractivity (Wildman–Crippen MR) is 58.2 cm³/mol. The molecule has 0 aromatic heterocycles. The van der Waals surface area contributed by atoms with Crippen molar-refractivity contribution in [2.75, 3.05) is 0 Å². The van der Waals surface area contributed by atoms with E-state index >= 15 is 0 Å². The fourth-order valence-corrected chi connectivity index (χ4v) is 0. The zero-order chi connectivity index (χ0) is 21.6. The predicted octanol–water partition coefficient (Wildman–Crippen LogP) is -6.72. The van der Waals surface area contributed by atoms with Gasteiger partial charge >= 0.3 is 86.0 Å². The summed E-state index contributed by atoms with van der Waals surface area (Å²) in [5.41, 5.74) is 0. The number of hydrogen-bond donors (Lipinski definition) is 12. The Kier molecular flexibility index (Phi) is 22.7. The number of rotatable bonds is 0. The monoisotopic (exact) mass is 568 g/mol. The van der Waals surface area contributed by atoms with Gasteiger partial charge in [-0.1, -0.05) is 0 Å². The quantitative estimate of drug-likeness (QED) is 0.0737. The van der Waals surface area contributed by atoms with E-state index in [1.807, 2.05) is 0 Å². The van der Waals surface area contributed by atoms with Gasteiger partial charge in [-0.05, 0) is 0 Å². The van der Waals surface area contributed by atoms with Crippen molar-refractivity contribution < 1.29 is 98.9 Å². The van der Waals surface area contributed by atoms with Gasteiger partial charge in [-0.3, -0.25) is 9.11 Å². The summed E-state index contributed by atoms with van der Waals surface area (Å²) < 4.78 is 104. The minimum atomic E-state index is -5.52. The molecule has 0 saturated carbocycles. The van der Waals surface area contributed by atoms with E-state index in [-0.39, 0.29) is 0 Å². The molecule has 24 heavy (non-hydrogen) atoms. The topological polar surface area (TPSA) is 362 Å². The molecule has 0 bridgehead atoms. The van der Waals surface area contributed by atoms with Gasteiger partial charge in [0.15, 0.2) is 0 Å². The molecule has 12 N–H and O–H groups in total. The van der Waals surface area contributed by atoms with E-state index in [1.165, 1.54) is 0 Å². The van der Waals surface area contributed by atoms with Crippen LogP contribution in [0, 0.1) is 0 Å². The minimum absolute atomic E-state index is 2.17. The molecule has 0 unspecified atom stereocenters. The second-order valence-electron chi connectivity index (χ2n) is 2.20. The zero-order valence-corrected chi connectivity index (χ0v) is 15.9. The average molecular weight is 565 g/mol. The van der Waals surface area contributed by atoms with Gasteiger partial charge in [0.1, 0.15) is 0 Å². The first-order chi connectivity index (χ1) is 9.73. The van der Waals surface area contributed by atoms with Crippen molar-refractivity contribution in [2.45, 2.75) is 0 Å². The maximum atomic E-state index is 8.88. The molecular weight excluding hydrogens is 553 g/mol. The zero-order valence-electron chi connectivity index (χ0n) is 10.5. The van der Waals surface area contributed by atoms with Crippen LogP contribution < -0.4 is 0 Å². The SMILES string of the molecule is O=P(O)(O)O.O=S(=O)(O)O.O=[Se](=O)(O)O.OB(O)O.[O]=[Mo](=[O])([OH])[OH]. The molecule has 0 aliphatic carbocycles. The van der Waals surface area contributed by atoms with Crippen LogP contribution in [-0.2, 0) is 46.2 Å². The molecule has 152 valence electrons. The fourth-order valence-electron chi connectivity index (χ4n) is 0. The molecule has 0 aromatic carbocycles. The van der Waals surface area contributed by atoms with Gasteiger partial charge in [0.2, 0.25) is 0 Å². The second-order valence-corrected chi connectivity index (χ2v) is 8.21. The van der Waals surface area contributed by atoms with Crippen LogP contribution in [-0.4, -0.2) is 83.9 Å². The van der Waals surface area contributed by atoms with Crippen LogP contribution >= 0.6 is 7.82 Å². The molecule has 19 nitrogen and oxygen atoms in total. The van der Waals surface area contributed by atoms with E-state index in [9.17, 15) is 0 Å². The fraction of sp³-hybridized carbons (Fsp3) is 0. The maximum absolute atomic E-state index is 8.88. The van der Waals surface area contributed by atoms with Gasteiger partial charge in [0.05, 0.1) is 0 Å². The molecule has 0 aliphatic heterocycles. The summed E-state index contributed by atoms with van der Waals surface area (Å²) in [5.74, 6) is 0. The normalized spacial score (nSPS) is 10.8. The Morgan fingerprint density at radius 3 is 0.875 bits per heavy atom. The first-order valence-corrected chi connectivity index (χ1v) is 13.0. The standard InChI is InChI=1S/BH3O3.Mo.H3O4P.H2O4S.H2O4Se.2H2O.2O/c2-1(3)4;;3*1-5(2,3)4;;;;/h2-4H;;(H3,1,2,3,4);2*(H2,1,2,3,4);2*1H2;;/q;+2;;;;;;;/p-2. The summed E-state index contributed by atoms with van der Waals surface area (Å²) >= 11 is -10.8. The van der Waals surface area contributed by atoms with E-state index in [0.717, 1.165) is 0 Å². The third-order valence-electron chi connectivity index (χ3n) is 0. The van der Waals surface area contributed by atoms with Crippen LogP contribution in [0.1, 0.15) is 0 Å². The van der Waals surface area contributed by atoms with Crippen molar-refractivity contribution in [3.63, 3.8) is 0 Å². The van der Waals surface area contributed by atoms with E-state index in [0.29, 0.717) is 0 Å². The number of phosphoric acid groups is 1. The average Bonchev–Trinajstić information content (AvgIpc) is 1.82. The molecule has 0 aliphatic rings. The Hall–Kier alpha value is 0.173. The molecule has 0 heterocycles. The van der Waals surface area contributed by atoms with Crippen LogP contribution in [0.25, 0.3) is 0 Å². The van der Waals surface area contributed by atoms with Gasteiger partial charge in [0.25, 0.3) is 0 Å². The number of hydrogen-bond acceptors (Lipinski definition) is 10. The Balaban J connectivity index is -0.0000000628. The van der Waals surface area contributed by atoms with Gasteiger partial charge in [-0.25, -0.2) is 4.57 Å². The first-order valence-electron chi connectivity index (χ1n) is 3.65. The molecule has 0 spiro atoms. The molecular formula is H12BMoO19PSSe. The van der Waals surface area contributed by atoms with Crippen LogP contribution in [0.4, 0.5) is 0 Å². The van der Waals surface area contributed by atoms with Crippen molar-refractivity contribution in [3.05, 3.63) is 0 Å². The summed E-state index contributed by atoms with van der Waals surface area (Å²) in [5, 5.41) is 21.5. The Bertz CT molecular complexity index is 511. The van der Waals surface area contributed by atoms with Crippen molar-refractivity contribution in [3.8, 4) is 0 Å². The first kappa shape index (κ1) is 35.3. The van der Waals surface area contributed by atoms with E-state index in [4.69, 9.17) is 82.2 Å². The van der Waals surface area contributed by atoms with Crippen molar-refractivity contribution in [1.29, 1.82) is 0 Å². The van der Waals surface area contributed by atoms with Gasteiger partial charge in [-0.2, -0.15) is 8.42 Å². The van der Waals surface area contributed by atoms with Crippen LogP contribution in [0.3, 0.4) is 0 Å². The molecule has 0 amide bonds. The molecule has 0 radical (unpaired) electrons. The Morgan fingerprint density at radius 2 is 0.875 bits per heavy atom. The molecule has 0 atom stereocenters. The van der Waals surface area contributed by atoms with Crippen molar-refractivity contribution in [1.82, 2.24) is 0 Å². The molecule has 0 aromatic rings. The van der Waals surface area contributed by atoms with E-state index < -0.39 is 55.7 Å². The van der Waals surface area contributed by atoms with Gasteiger partial charge in [-0.15, -0.1) is 0 Å². The third kappa shape index (κ3) is 333000.